The molecule has 0 aromatic heterocycles. The van der Waals surface area contributed by atoms with Crippen molar-refractivity contribution in [2.75, 3.05) is 6.61 Å². The summed E-state index contributed by atoms with van der Waals surface area (Å²) in [7, 11) is -3.65. The van der Waals surface area contributed by atoms with E-state index in [1.807, 2.05) is 20.8 Å². The summed E-state index contributed by atoms with van der Waals surface area (Å²) in [5, 5.41) is 5.12. The lowest BCUT2D eigenvalue weighted by Gasteiger charge is -2.16. The molecule has 0 aliphatic rings. The predicted octanol–water partition coefficient (Wildman–Crippen LogP) is 2.25. The number of benzene rings is 1. The molecule has 4 nitrogen and oxygen atoms in total. The summed E-state index contributed by atoms with van der Waals surface area (Å²) in [6, 6.07) is 4.76. The summed E-state index contributed by atoms with van der Waals surface area (Å²) in [5.74, 6) is 0.965. The fourth-order valence-corrected chi connectivity index (χ4v) is 2.14. The normalized spacial score (nSPS) is 13.4. The third kappa shape index (κ3) is 3.44. The highest BCUT2D eigenvalue weighted by Gasteiger charge is 2.15. The monoisotopic (exact) mass is 257 g/mol. The first kappa shape index (κ1) is 14.0. The molecule has 2 N–H and O–H groups in total. The molecular formula is C12H19NO3S. The number of primary sulfonamides is 1. The maximum absolute atomic E-state index is 11.3. The van der Waals surface area contributed by atoms with Gasteiger partial charge in [0.2, 0.25) is 10.0 Å². The molecule has 0 amide bonds. The van der Waals surface area contributed by atoms with Gasteiger partial charge in [0.15, 0.2) is 0 Å². The van der Waals surface area contributed by atoms with Gasteiger partial charge in [-0.2, -0.15) is 0 Å². The topological polar surface area (TPSA) is 69.4 Å². The summed E-state index contributed by atoms with van der Waals surface area (Å²) >= 11 is 0. The maximum Gasteiger partial charge on any atom is 0.238 e. The zero-order chi connectivity index (χ0) is 13.1. The Hall–Kier alpha value is -1.07. The van der Waals surface area contributed by atoms with Crippen LogP contribution in [-0.4, -0.2) is 15.0 Å². The largest absolute Gasteiger partial charge is 0.494 e. The molecule has 0 aliphatic heterocycles. The van der Waals surface area contributed by atoms with E-state index in [1.165, 1.54) is 6.07 Å². The number of rotatable bonds is 5. The van der Waals surface area contributed by atoms with Gasteiger partial charge in [-0.25, -0.2) is 13.6 Å². The van der Waals surface area contributed by atoms with Gasteiger partial charge >= 0.3 is 0 Å². The van der Waals surface area contributed by atoms with E-state index in [1.54, 1.807) is 12.1 Å². The van der Waals surface area contributed by atoms with Gasteiger partial charge in [-0.3, -0.25) is 0 Å². The molecule has 96 valence electrons. The van der Waals surface area contributed by atoms with Crippen molar-refractivity contribution in [2.24, 2.45) is 5.14 Å². The molecule has 1 aromatic rings. The summed E-state index contributed by atoms with van der Waals surface area (Å²) in [6.45, 7) is 6.53. The number of hydrogen-bond donors (Lipinski definition) is 1. The smallest absolute Gasteiger partial charge is 0.238 e. The minimum absolute atomic E-state index is 0.135. The lowest BCUT2D eigenvalue weighted by Crippen LogP contribution is -2.13. The number of sulfonamides is 1. The number of nitrogens with two attached hydrogens (primary N) is 1. The second-order valence-electron chi connectivity index (χ2n) is 3.99. The highest BCUT2D eigenvalue weighted by Crippen LogP contribution is 2.30. The van der Waals surface area contributed by atoms with E-state index in [-0.39, 0.29) is 10.8 Å². The van der Waals surface area contributed by atoms with Gasteiger partial charge in [0.25, 0.3) is 0 Å². The van der Waals surface area contributed by atoms with E-state index in [2.05, 4.69) is 0 Å². The highest BCUT2D eigenvalue weighted by molar-refractivity contribution is 7.89. The number of ether oxygens (including phenoxy) is 1. The Balaban J connectivity index is 3.28. The Morgan fingerprint density at radius 1 is 1.35 bits per heavy atom. The molecule has 0 bridgehead atoms. The van der Waals surface area contributed by atoms with Crippen molar-refractivity contribution in [3.63, 3.8) is 0 Å². The zero-order valence-corrected chi connectivity index (χ0v) is 11.3. The number of hydrogen-bond acceptors (Lipinski definition) is 3. The van der Waals surface area contributed by atoms with Crippen molar-refractivity contribution in [1.29, 1.82) is 0 Å². The van der Waals surface area contributed by atoms with E-state index in [0.29, 0.717) is 6.61 Å². The van der Waals surface area contributed by atoms with Crippen LogP contribution in [0.1, 0.15) is 38.7 Å². The van der Waals surface area contributed by atoms with Crippen LogP contribution in [0.25, 0.3) is 0 Å². The van der Waals surface area contributed by atoms with Crippen LogP contribution in [-0.2, 0) is 10.0 Å². The molecule has 0 unspecified atom stereocenters. The van der Waals surface area contributed by atoms with E-state index >= 15 is 0 Å². The van der Waals surface area contributed by atoms with Crippen LogP contribution in [0.2, 0.25) is 0 Å². The molecule has 0 fully saturated rings. The average Bonchev–Trinajstić information content (AvgIpc) is 2.27. The van der Waals surface area contributed by atoms with Gasteiger partial charge in [0.05, 0.1) is 11.5 Å². The third-order valence-corrected chi connectivity index (χ3v) is 3.66. The van der Waals surface area contributed by atoms with E-state index in [9.17, 15) is 8.42 Å². The molecule has 1 atom stereocenters. The van der Waals surface area contributed by atoms with Crippen molar-refractivity contribution in [3.05, 3.63) is 23.8 Å². The van der Waals surface area contributed by atoms with Crippen LogP contribution in [0, 0.1) is 0 Å². The van der Waals surface area contributed by atoms with Crippen molar-refractivity contribution in [1.82, 2.24) is 0 Å². The summed E-state index contributed by atoms with van der Waals surface area (Å²) in [5.41, 5.74) is 0.890. The Labute approximate surface area is 103 Å². The molecule has 17 heavy (non-hydrogen) atoms. The maximum atomic E-state index is 11.3. The van der Waals surface area contributed by atoms with Gasteiger partial charge < -0.3 is 4.74 Å². The van der Waals surface area contributed by atoms with E-state index < -0.39 is 10.0 Å². The molecule has 1 rings (SSSR count). The predicted molar refractivity (Wildman–Crippen MR) is 67.7 cm³/mol. The van der Waals surface area contributed by atoms with Crippen LogP contribution in [0.5, 0.6) is 5.75 Å². The lowest BCUT2D eigenvalue weighted by molar-refractivity contribution is 0.334. The quantitative estimate of drug-likeness (QED) is 0.879. The van der Waals surface area contributed by atoms with Gasteiger partial charge in [-0.15, -0.1) is 0 Å². The molecule has 0 aliphatic carbocycles. The van der Waals surface area contributed by atoms with Gasteiger partial charge in [0, 0.05) is 0 Å². The minimum Gasteiger partial charge on any atom is -0.494 e. The van der Waals surface area contributed by atoms with Gasteiger partial charge in [-0.1, -0.05) is 13.8 Å². The Morgan fingerprint density at radius 2 is 2.00 bits per heavy atom. The fourth-order valence-electron chi connectivity index (χ4n) is 1.60. The SMILES string of the molecule is CCOc1ccc(S(N)(=O)=O)cc1[C@H](C)CC. The van der Waals surface area contributed by atoms with Crippen molar-refractivity contribution >= 4 is 10.0 Å². The van der Waals surface area contributed by atoms with Crippen molar-refractivity contribution in [2.45, 2.75) is 38.0 Å². The van der Waals surface area contributed by atoms with Gasteiger partial charge in [0.1, 0.15) is 5.75 Å². The van der Waals surface area contributed by atoms with Crippen LogP contribution in [0.3, 0.4) is 0 Å². The van der Waals surface area contributed by atoms with Gasteiger partial charge in [-0.05, 0) is 43.0 Å². The molecule has 0 spiro atoms. The molecule has 0 heterocycles. The minimum atomic E-state index is -3.65. The van der Waals surface area contributed by atoms with Crippen LogP contribution in [0.15, 0.2) is 23.1 Å². The lowest BCUT2D eigenvalue weighted by atomic mass is 9.98. The summed E-state index contributed by atoms with van der Waals surface area (Å²) < 4.78 is 28.1. The Morgan fingerprint density at radius 3 is 2.47 bits per heavy atom. The first-order valence-electron chi connectivity index (χ1n) is 5.69. The van der Waals surface area contributed by atoms with Crippen molar-refractivity contribution < 1.29 is 13.2 Å². The fraction of sp³-hybridized carbons (Fsp3) is 0.500. The second kappa shape index (κ2) is 5.51. The van der Waals surface area contributed by atoms with E-state index in [4.69, 9.17) is 9.88 Å². The molecule has 0 radical (unpaired) electrons. The second-order valence-corrected chi connectivity index (χ2v) is 5.55. The van der Waals surface area contributed by atoms with Crippen molar-refractivity contribution in [3.8, 4) is 5.75 Å². The average molecular weight is 257 g/mol. The Kier molecular flexibility index (Phi) is 4.54. The van der Waals surface area contributed by atoms with Crippen LogP contribution in [0.4, 0.5) is 0 Å². The summed E-state index contributed by atoms with van der Waals surface area (Å²) in [6.07, 6.45) is 0.911. The zero-order valence-electron chi connectivity index (χ0n) is 10.4. The Bertz CT molecular complexity index is 483. The van der Waals surface area contributed by atoms with E-state index in [0.717, 1.165) is 17.7 Å². The molecule has 5 heteroatoms. The van der Waals surface area contributed by atoms with Crippen LogP contribution >= 0.6 is 0 Å². The molecule has 0 saturated carbocycles. The standard InChI is InChI=1S/C12H19NO3S/c1-4-9(3)11-8-10(17(13,14)15)6-7-12(11)16-5-2/h6-9H,4-5H2,1-3H3,(H2,13,14,15)/t9-/m1/s1. The third-order valence-electron chi connectivity index (χ3n) is 2.75. The highest BCUT2D eigenvalue weighted by atomic mass is 32.2. The summed E-state index contributed by atoms with van der Waals surface area (Å²) in [4.78, 5) is 0.135. The first-order valence-corrected chi connectivity index (χ1v) is 7.24. The first-order chi connectivity index (χ1) is 7.90. The molecule has 1 aromatic carbocycles. The molecule has 0 saturated heterocycles. The van der Waals surface area contributed by atoms with Crippen LogP contribution < -0.4 is 9.88 Å². The molecular weight excluding hydrogens is 238 g/mol.